The highest BCUT2D eigenvalue weighted by Crippen LogP contribution is 2.24. The first-order chi connectivity index (χ1) is 6.36. The molecule has 1 aromatic rings. The minimum absolute atomic E-state index is 0.304. The molecule has 70 valence electrons. The van der Waals surface area contributed by atoms with Crippen molar-refractivity contribution in [1.82, 2.24) is 10.3 Å². The zero-order valence-electron chi connectivity index (χ0n) is 7.16. The molecule has 0 saturated carbocycles. The summed E-state index contributed by atoms with van der Waals surface area (Å²) in [5.74, 6) is 0.878. The molecular weight excluding hydrogens is 232 g/mol. The second-order valence-electron chi connectivity index (χ2n) is 3.04. The number of hydrogen-bond donors (Lipinski definition) is 1. The first-order valence-corrected chi connectivity index (χ1v) is 5.12. The van der Waals surface area contributed by atoms with Gasteiger partial charge in [0.1, 0.15) is 11.9 Å². The van der Waals surface area contributed by atoms with Crippen LogP contribution in [0.2, 0.25) is 0 Å². The van der Waals surface area contributed by atoms with E-state index in [0.29, 0.717) is 6.10 Å². The van der Waals surface area contributed by atoms with E-state index in [9.17, 15) is 0 Å². The van der Waals surface area contributed by atoms with E-state index < -0.39 is 0 Å². The molecular formula is C9H11BrN2O. The lowest BCUT2D eigenvalue weighted by Gasteiger charge is -2.12. The number of ether oxygens (including phenoxy) is 1. The maximum Gasteiger partial charge on any atom is 0.137 e. The summed E-state index contributed by atoms with van der Waals surface area (Å²) in [5, 5.41) is 3.26. The van der Waals surface area contributed by atoms with E-state index in [1.807, 2.05) is 6.07 Å². The van der Waals surface area contributed by atoms with E-state index in [0.717, 1.165) is 29.7 Å². The average molecular weight is 243 g/mol. The molecule has 1 aromatic heterocycles. The van der Waals surface area contributed by atoms with Crippen LogP contribution in [-0.4, -0.2) is 24.2 Å². The van der Waals surface area contributed by atoms with Gasteiger partial charge in [-0.1, -0.05) is 0 Å². The van der Waals surface area contributed by atoms with Gasteiger partial charge in [-0.3, -0.25) is 4.98 Å². The summed E-state index contributed by atoms with van der Waals surface area (Å²) in [5.41, 5.74) is 0. The average Bonchev–Trinajstić information content (AvgIpc) is 2.61. The maximum absolute atomic E-state index is 5.76. The lowest BCUT2D eigenvalue weighted by Crippen LogP contribution is -2.19. The second kappa shape index (κ2) is 4.07. The first kappa shape index (κ1) is 8.97. The molecule has 0 spiro atoms. The van der Waals surface area contributed by atoms with Crippen molar-refractivity contribution >= 4 is 15.9 Å². The Morgan fingerprint density at radius 3 is 3.23 bits per heavy atom. The number of halogens is 1. The Morgan fingerprint density at radius 1 is 1.62 bits per heavy atom. The highest BCUT2D eigenvalue weighted by atomic mass is 79.9. The third-order valence-corrected chi connectivity index (χ3v) is 2.64. The van der Waals surface area contributed by atoms with Gasteiger partial charge in [0.05, 0.1) is 4.47 Å². The van der Waals surface area contributed by atoms with Crippen LogP contribution in [0.15, 0.2) is 22.9 Å². The van der Waals surface area contributed by atoms with Gasteiger partial charge in [0, 0.05) is 18.9 Å². The van der Waals surface area contributed by atoms with Crippen molar-refractivity contribution in [3.05, 3.63) is 22.9 Å². The van der Waals surface area contributed by atoms with E-state index in [4.69, 9.17) is 4.74 Å². The van der Waals surface area contributed by atoms with Crippen molar-refractivity contribution in [1.29, 1.82) is 0 Å². The van der Waals surface area contributed by atoms with Crippen LogP contribution in [0.5, 0.6) is 5.75 Å². The standard InChI is InChI=1S/C9H11BrN2O/c10-8-6-12-4-2-9(8)13-7-1-3-11-5-7/h2,4,6-7,11H,1,3,5H2. The smallest absolute Gasteiger partial charge is 0.137 e. The minimum atomic E-state index is 0.304. The Balaban J connectivity index is 2.04. The molecule has 1 N–H and O–H groups in total. The van der Waals surface area contributed by atoms with Crippen LogP contribution in [-0.2, 0) is 0 Å². The summed E-state index contributed by atoms with van der Waals surface area (Å²) in [4.78, 5) is 3.98. The van der Waals surface area contributed by atoms with Crippen LogP contribution in [0.1, 0.15) is 6.42 Å². The van der Waals surface area contributed by atoms with Gasteiger partial charge in [-0.05, 0) is 35.0 Å². The van der Waals surface area contributed by atoms with Gasteiger partial charge in [-0.15, -0.1) is 0 Å². The van der Waals surface area contributed by atoms with Gasteiger partial charge < -0.3 is 10.1 Å². The van der Waals surface area contributed by atoms with Gasteiger partial charge in [-0.2, -0.15) is 0 Å². The van der Waals surface area contributed by atoms with E-state index >= 15 is 0 Å². The molecule has 0 radical (unpaired) electrons. The van der Waals surface area contributed by atoms with E-state index in [1.54, 1.807) is 12.4 Å². The molecule has 2 heterocycles. The summed E-state index contributed by atoms with van der Waals surface area (Å²) in [6, 6.07) is 1.88. The molecule has 3 nitrogen and oxygen atoms in total. The molecule has 0 aliphatic carbocycles. The number of pyridine rings is 1. The normalized spacial score (nSPS) is 21.8. The number of rotatable bonds is 2. The Labute approximate surface area is 85.6 Å². The number of hydrogen-bond acceptors (Lipinski definition) is 3. The Kier molecular flexibility index (Phi) is 2.80. The molecule has 1 atom stereocenters. The second-order valence-corrected chi connectivity index (χ2v) is 3.89. The van der Waals surface area contributed by atoms with Gasteiger partial charge in [0.2, 0.25) is 0 Å². The summed E-state index contributed by atoms with van der Waals surface area (Å²) in [7, 11) is 0. The first-order valence-electron chi connectivity index (χ1n) is 4.33. The minimum Gasteiger partial charge on any atom is -0.488 e. The summed E-state index contributed by atoms with van der Waals surface area (Å²) in [6.45, 7) is 1.99. The lowest BCUT2D eigenvalue weighted by atomic mass is 10.3. The molecule has 1 saturated heterocycles. The van der Waals surface area contributed by atoms with Crippen molar-refractivity contribution in [2.45, 2.75) is 12.5 Å². The van der Waals surface area contributed by atoms with Gasteiger partial charge in [-0.25, -0.2) is 0 Å². The molecule has 1 aliphatic rings. The zero-order chi connectivity index (χ0) is 9.10. The highest BCUT2D eigenvalue weighted by molar-refractivity contribution is 9.10. The van der Waals surface area contributed by atoms with Crippen molar-refractivity contribution in [3.8, 4) is 5.75 Å². The van der Waals surface area contributed by atoms with Crippen molar-refractivity contribution in [2.75, 3.05) is 13.1 Å². The molecule has 13 heavy (non-hydrogen) atoms. The Bertz CT molecular complexity index is 287. The largest absolute Gasteiger partial charge is 0.488 e. The topological polar surface area (TPSA) is 34.1 Å². The van der Waals surface area contributed by atoms with Crippen LogP contribution in [0, 0.1) is 0 Å². The van der Waals surface area contributed by atoms with Crippen molar-refractivity contribution < 1.29 is 4.74 Å². The number of nitrogens with zero attached hydrogens (tertiary/aromatic N) is 1. The molecule has 0 aromatic carbocycles. The summed E-state index contributed by atoms with van der Waals surface area (Å²) >= 11 is 3.40. The molecule has 1 aliphatic heterocycles. The van der Waals surface area contributed by atoms with E-state index in [1.165, 1.54) is 0 Å². The number of aromatic nitrogens is 1. The van der Waals surface area contributed by atoms with E-state index in [2.05, 4.69) is 26.2 Å². The Hall–Kier alpha value is -0.610. The van der Waals surface area contributed by atoms with Crippen molar-refractivity contribution in [2.24, 2.45) is 0 Å². The van der Waals surface area contributed by atoms with Crippen LogP contribution in [0.3, 0.4) is 0 Å². The monoisotopic (exact) mass is 242 g/mol. The molecule has 1 unspecified atom stereocenters. The third-order valence-electron chi connectivity index (χ3n) is 2.04. The predicted molar refractivity (Wildman–Crippen MR) is 53.8 cm³/mol. The predicted octanol–water partition coefficient (Wildman–Crippen LogP) is 1.58. The summed E-state index contributed by atoms with van der Waals surface area (Å²) in [6.07, 6.45) is 4.87. The van der Waals surface area contributed by atoms with E-state index in [-0.39, 0.29) is 0 Å². The van der Waals surface area contributed by atoms with Crippen LogP contribution >= 0.6 is 15.9 Å². The van der Waals surface area contributed by atoms with Crippen LogP contribution < -0.4 is 10.1 Å². The number of nitrogens with one attached hydrogen (secondary N) is 1. The van der Waals surface area contributed by atoms with Crippen molar-refractivity contribution in [3.63, 3.8) is 0 Å². The molecule has 0 bridgehead atoms. The SMILES string of the molecule is Brc1cnccc1OC1CCNC1. The van der Waals surface area contributed by atoms with Crippen LogP contribution in [0.25, 0.3) is 0 Å². The zero-order valence-corrected chi connectivity index (χ0v) is 8.75. The fraction of sp³-hybridized carbons (Fsp3) is 0.444. The summed E-state index contributed by atoms with van der Waals surface area (Å²) < 4.78 is 6.68. The van der Waals surface area contributed by atoms with Gasteiger partial charge in [0.25, 0.3) is 0 Å². The van der Waals surface area contributed by atoms with Crippen LogP contribution in [0.4, 0.5) is 0 Å². The fourth-order valence-electron chi connectivity index (χ4n) is 1.37. The fourth-order valence-corrected chi connectivity index (χ4v) is 1.71. The van der Waals surface area contributed by atoms with Gasteiger partial charge in [0.15, 0.2) is 0 Å². The Morgan fingerprint density at radius 2 is 2.54 bits per heavy atom. The third kappa shape index (κ3) is 2.19. The quantitative estimate of drug-likeness (QED) is 0.856. The molecule has 1 fully saturated rings. The molecule has 2 rings (SSSR count). The highest BCUT2D eigenvalue weighted by Gasteiger charge is 2.16. The molecule has 0 amide bonds. The maximum atomic E-state index is 5.76. The lowest BCUT2D eigenvalue weighted by molar-refractivity contribution is 0.221. The molecule has 4 heteroatoms. The van der Waals surface area contributed by atoms with Gasteiger partial charge >= 0.3 is 0 Å².